The van der Waals surface area contributed by atoms with Crippen LogP contribution < -0.4 is 10.6 Å². The van der Waals surface area contributed by atoms with Crippen molar-refractivity contribution in [2.75, 3.05) is 20.2 Å². The minimum atomic E-state index is -0.997. The number of aryl methyl sites for hydroxylation is 1. The molecule has 1 aromatic carbocycles. The molecule has 0 aliphatic heterocycles. The summed E-state index contributed by atoms with van der Waals surface area (Å²) in [7, 11) is 1.23. The third kappa shape index (κ3) is 8.56. The van der Waals surface area contributed by atoms with Gasteiger partial charge >= 0.3 is 12.1 Å². The lowest BCUT2D eigenvalue weighted by Crippen LogP contribution is -2.51. The molecule has 0 spiro atoms. The molecule has 1 rings (SSSR count). The van der Waals surface area contributed by atoms with Gasteiger partial charge < -0.3 is 25.0 Å². The largest absolute Gasteiger partial charge is 0.468 e. The third-order valence-electron chi connectivity index (χ3n) is 4.69. The molecule has 9 nitrogen and oxygen atoms in total. The minimum absolute atomic E-state index is 0.321. The number of methoxy groups -OCH3 is 1. The summed E-state index contributed by atoms with van der Waals surface area (Å²) < 4.78 is 9.77. The first-order valence-corrected chi connectivity index (χ1v) is 10.6. The predicted molar refractivity (Wildman–Crippen MR) is 120 cm³/mol. The van der Waals surface area contributed by atoms with E-state index < -0.39 is 35.5 Å². The Labute approximate surface area is 189 Å². The first-order valence-electron chi connectivity index (χ1n) is 10.6. The van der Waals surface area contributed by atoms with Gasteiger partial charge in [0, 0.05) is 6.04 Å². The van der Waals surface area contributed by atoms with Crippen LogP contribution in [0.4, 0.5) is 4.79 Å². The van der Waals surface area contributed by atoms with E-state index in [1.54, 1.807) is 32.9 Å². The summed E-state index contributed by atoms with van der Waals surface area (Å²) in [6.45, 7) is 10.1. The van der Waals surface area contributed by atoms with Crippen molar-refractivity contribution < 1.29 is 28.7 Å². The normalized spacial score (nSPS) is 12.8. The molecule has 0 saturated carbocycles. The molecular formula is C23H35N3O6. The maximum atomic E-state index is 13.2. The molecule has 0 aromatic heterocycles. The second-order valence-electron chi connectivity index (χ2n) is 8.52. The quantitative estimate of drug-likeness (QED) is 0.560. The zero-order chi connectivity index (χ0) is 24.5. The molecule has 0 heterocycles. The van der Waals surface area contributed by atoms with E-state index in [-0.39, 0.29) is 19.1 Å². The lowest BCUT2D eigenvalue weighted by molar-refractivity contribution is -0.145. The molecule has 0 fully saturated rings. The van der Waals surface area contributed by atoms with Crippen LogP contribution >= 0.6 is 0 Å². The summed E-state index contributed by atoms with van der Waals surface area (Å²) in [5.74, 6) is -1.58. The maximum absolute atomic E-state index is 13.2. The molecule has 0 aliphatic carbocycles. The van der Waals surface area contributed by atoms with Crippen LogP contribution in [0.3, 0.4) is 0 Å². The number of nitrogens with zero attached hydrogens (tertiary/aromatic N) is 1. The Hall–Kier alpha value is -3.10. The zero-order valence-electron chi connectivity index (χ0n) is 20.0. The summed E-state index contributed by atoms with van der Waals surface area (Å²) >= 11 is 0. The van der Waals surface area contributed by atoms with E-state index in [0.717, 1.165) is 5.56 Å². The number of rotatable bonds is 9. The van der Waals surface area contributed by atoms with Gasteiger partial charge in [0.25, 0.3) is 0 Å². The Morgan fingerprint density at radius 2 is 1.62 bits per heavy atom. The van der Waals surface area contributed by atoms with Crippen LogP contribution in [0.15, 0.2) is 24.3 Å². The van der Waals surface area contributed by atoms with Crippen LogP contribution in [0.5, 0.6) is 0 Å². The van der Waals surface area contributed by atoms with Crippen LogP contribution in [0.1, 0.15) is 58.2 Å². The number of ether oxygens (including phenoxy) is 2. The van der Waals surface area contributed by atoms with Crippen molar-refractivity contribution >= 4 is 23.9 Å². The fourth-order valence-corrected chi connectivity index (χ4v) is 2.91. The molecule has 2 N–H and O–H groups in total. The fraction of sp³-hybridized carbons (Fsp3) is 0.565. The standard InChI is InChI=1S/C23H35N3O6/c1-8-16(3)26(18(27)13-25-22(30)32-23(4,5)6)20(17-11-9-15(2)10-12-17)21(29)24-14-19(28)31-7/h9-12,16,20H,8,13-14H2,1-7H3,(H,24,29)(H,25,30). The van der Waals surface area contributed by atoms with Gasteiger partial charge in [-0.3, -0.25) is 14.4 Å². The van der Waals surface area contributed by atoms with Gasteiger partial charge in [0.05, 0.1) is 7.11 Å². The average Bonchev–Trinajstić information content (AvgIpc) is 2.72. The number of benzene rings is 1. The number of carbonyl (C=O) groups is 4. The summed E-state index contributed by atoms with van der Waals surface area (Å²) in [6, 6.07) is 5.90. The molecule has 0 radical (unpaired) electrons. The molecule has 3 amide bonds. The Balaban J connectivity index is 3.20. The van der Waals surface area contributed by atoms with Crippen molar-refractivity contribution in [1.82, 2.24) is 15.5 Å². The van der Waals surface area contributed by atoms with Crippen LogP contribution in [0.25, 0.3) is 0 Å². The van der Waals surface area contributed by atoms with Gasteiger partial charge in [-0.2, -0.15) is 0 Å². The average molecular weight is 450 g/mol. The molecule has 0 bridgehead atoms. The molecule has 2 atom stereocenters. The monoisotopic (exact) mass is 449 g/mol. The van der Waals surface area contributed by atoms with Crippen LogP contribution in [0.2, 0.25) is 0 Å². The molecule has 0 saturated heterocycles. The van der Waals surface area contributed by atoms with Crippen LogP contribution in [-0.2, 0) is 23.9 Å². The van der Waals surface area contributed by atoms with Crippen LogP contribution in [-0.4, -0.2) is 60.6 Å². The zero-order valence-corrected chi connectivity index (χ0v) is 20.0. The van der Waals surface area contributed by atoms with E-state index in [4.69, 9.17) is 4.74 Å². The van der Waals surface area contributed by atoms with Crippen molar-refractivity contribution in [3.8, 4) is 0 Å². The topological polar surface area (TPSA) is 114 Å². The predicted octanol–water partition coefficient (Wildman–Crippen LogP) is 2.48. The summed E-state index contributed by atoms with van der Waals surface area (Å²) in [5, 5.41) is 4.99. The number of hydrogen-bond acceptors (Lipinski definition) is 6. The summed E-state index contributed by atoms with van der Waals surface area (Å²) in [6.07, 6.45) is -0.151. The lowest BCUT2D eigenvalue weighted by Gasteiger charge is -2.36. The summed E-state index contributed by atoms with van der Waals surface area (Å²) in [4.78, 5) is 51.3. The van der Waals surface area contributed by atoms with Gasteiger partial charge in [-0.1, -0.05) is 36.8 Å². The smallest absolute Gasteiger partial charge is 0.408 e. The Morgan fingerprint density at radius 1 is 1.03 bits per heavy atom. The number of nitrogens with one attached hydrogen (secondary N) is 2. The Bertz CT molecular complexity index is 801. The molecule has 178 valence electrons. The van der Waals surface area contributed by atoms with Crippen LogP contribution in [0, 0.1) is 6.92 Å². The number of hydrogen-bond donors (Lipinski definition) is 2. The van der Waals surface area contributed by atoms with Crippen molar-refractivity contribution in [2.24, 2.45) is 0 Å². The van der Waals surface area contributed by atoms with Gasteiger partial charge in [0.1, 0.15) is 24.7 Å². The van der Waals surface area contributed by atoms with Gasteiger partial charge in [-0.25, -0.2) is 4.79 Å². The van der Waals surface area contributed by atoms with E-state index >= 15 is 0 Å². The highest BCUT2D eigenvalue weighted by Crippen LogP contribution is 2.25. The number of carbonyl (C=O) groups excluding carboxylic acids is 4. The van der Waals surface area contributed by atoms with Gasteiger partial charge in [0.2, 0.25) is 11.8 Å². The van der Waals surface area contributed by atoms with Crippen molar-refractivity contribution in [3.63, 3.8) is 0 Å². The van der Waals surface area contributed by atoms with Crippen molar-refractivity contribution in [2.45, 2.75) is 65.6 Å². The molecule has 9 heteroatoms. The van der Waals surface area contributed by atoms with Gasteiger partial charge in [-0.15, -0.1) is 0 Å². The van der Waals surface area contributed by atoms with Gasteiger partial charge in [0.15, 0.2) is 0 Å². The SMILES string of the molecule is CCC(C)N(C(=O)CNC(=O)OC(C)(C)C)C(C(=O)NCC(=O)OC)c1ccc(C)cc1. The molecular weight excluding hydrogens is 414 g/mol. The van der Waals surface area contributed by atoms with E-state index in [2.05, 4.69) is 15.4 Å². The highest BCUT2D eigenvalue weighted by molar-refractivity contribution is 5.92. The highest BCUT2D eigenvalue weighted by Gasteiger charge is 2.34. The van der Waals surface area contributed by atoms with Crippen molar-refractivity contribution in [1.29, 1.82) is 0 Å². The lowest BCUT2D eigenvalue weighted by atomic mass is 10.00. The van der Waals surface area contributed by atoms with E-state index in [1.165, 1.54) is 12.0 Å². The maximum Gasteiger partial charge on any atom is 0.408 e. The molecule has 2 unspecified atom stereocenters. The van der Waals surface area contributed by atoms with Gasteiger partial charge in [-0.05, 0) is 46.6 Å². The third-order valence-corrected chi connectivity index (χ3v) is 4.69. The second-order valence-corrected chi connectivity index (χ2v) is 8.52. The molecule has 0 aliphatic rings. The minimum Gasteiger partial charge on any atom is -0.468 e. The van der Waals surface area contributed by atoms with E-state index in [9.17, 15) is 19.2 Å². The number of esters is 1. The van der Waals surface area contributed by atoms with Crippen molar-refractivity contribution in [3.05, 3.63) is 35.4 Å². The first kappa shape index (κ1) is 26.9. The summed E-state index contributed by atoms with van der Waals surface area (Å²) in [5.41, 5.74) is 0.876. The highest BCUT2D eigenvalue weighted by atomic mass is 16.6. The van der Waals surface area contributed by atoms with E-state index in [1.807, 2.05) is 32.9 Å². The van der Waals surface area contributed by atoms with E-state index in [0.29, 0.717) is 12.0 Å². The Morgan fingerprint density at radius 3 is 2.12 bits per heavy atom. The number of amides is 3. The fourth-order valence-electron chi connectivity index (χ4n) is 2.91. The first-order chi connectivity index (χ1) is 14.9. The second kappa shape index (κ2) is 12.1. The number of alkyl carbamates (subject to hydrolysis) is 1. The Kier molecular flexibility index (Phi) is 10.2. The molecule has 32 heavy (non-hydrogen) atoms. The molecule has 1 aromatic rings.